The molecule has 2 saturated heterocycles. The second-order valence-electron chi connectivity index (χ2n) is 8.51. The van der Waals surface area contributed by atoms with Crippen LogP contribution in [-0.2, 0) is 22.7 Å². The predicted octanol–water partition coefficient (Wildman–Crippen LogP) is 4.74. The lowest BCUT2D eigenvalue weighted by molar-refractivity contribution is 0.0951. The number of ether oxygens (including phenoxy) is 2. The maximum absolute atomic E-state index is 11.8. The highest BCUT2D eigenvalue weighted by Crippen LogP contribution is 2.11. The minimum absolute atomic E-state index is 0.228. The molecule has 2 fully saturated rings. The van der Waals surface area contributed by atoms with Gasteiger partial charge >= 0.3 is 12.2 Å². The lowest BCUT2D eigenvalue weighted by atomic mass is 10.1. The van der Waals surface area contributed by atoms with Gasteiger partial charge in [0.2, 0.25) is 0 Å². The normalized spacial score (nSPS) is 15.4. The van der Waals surface area contributed by atoms with E-state index in [9.17, 15) is 9.59 Å². The Balaban J connectivity index is 0.000000201. The molecule has 2 aliphatic heterocycles. The molecule has 36 heavy (non-hydrogen) atoms. The van der Waals surface area contributed by atoms with Crippen LogP contribution in [0.25, 0.3) is 0 Å². The summed E-state index contributed by atoms with van der Waals surface area (Å²) in [5, 5.41) is 11.8. The number of benzene rings is 2. The van der Waals surface area contributed by atoms with Crippen LogP contribution in [0.15, 0.2) is 70.8 Å². The summed E-state index contributed by atoms with van der Waals surface area (Å²) in [5.74, 6) is 0. The molecule has 2 aromatic carbocycles. The lowest BCUT2D eigenvalue weighted by Gasteiger charge is -2.26. The Labute approximate surface area is 212 Å². The quantitative estimate of drug-likeness (QED) is 0.488. The van der Waals surface area contributed by atoms with Crippen LogP contribution < -0.4 is 0 Å². The molecule has 2 amide bonds. The average Bonchev–Trinajstić information content (AvgIpc) is 2.96. The van der Waals surface area contributed by atoms with E-state index in [4.69, 9.17) is 14.7 Å². The molecule has 0 unspecified atom stereocenters. The van der Waals surface area contributed by atoms with Crippen molar-refractivity contribution in [2.75, 3.05) is 33.2 Å². The van der Waals surface area contributed by atoms with Crippen LogP contribution in [0.4, 0.5) is 9.59 Å². The molecular formula is C27H34N4O5. The fraction of sp³-hybridized carbons (Fsp3) is 0.407. The van der Waals surface area contributed by atoms with Crippen LogP contribution in [0.1, 0.15) is 36.8 Å². The van der Waals surface area contributed by atoms with E-state index in [0.717, 1.165) is 29.7 Å². The Morgan fingerprint density at radius 2 is 1.11 bits per heavy atom. The van der Waals surface area contributed by atoms with Gasteiger partial charge in [0.1, 0.15) is 13.2 Å². The van der Waals surface area contributed by atoms with Gasteiger partial charge in [-0.05, 0) is 11.1 Å². The van der Waals surface area contributed by atoms with Crippen molar-refractivity contribution in [3.05, 3.63) is 71.8 Å². The minimum atomic E-state index is -0.309. The molecule has 0 aliphatic carbocycles. The van der Waals surface area contributed by atoms with Gasteiger partial charge < -0.3 is 24.5 Å². The Bertz CT molecular complexity index is 923. The Morgan fingerprint density at radius 1 is 0.722 bits per heavy atom. The summed E-state index contributed by atoms with van der Waals surface area (Å²) in [6, 6.07) is 19.3. The van der Waals surface area contributed by atoms with Gasteiger partial charge in [0.25, 0.3) is 0 Å². The van der Waals surface area contributed by atoms with E-state index in [1.807, 2.05) is 60.7 Å². The number of carbonyl (C=O) groups is 2. The van der Waals surface area contributed by atoms with E-state index in [1.165, 1.54) is 5.71 Å². The summed E-state index contributed by atoms with van der Waals surface area (Å²) in [7, 11) is 1.80. The molecular weight excluding hydrogens is 460 g/mol. The van der Waals surface area contributed by atoms with Crippen molar-refractivity contribution in [2.24, 2.45) is 10.1 Å². The molecule has 192 valence electrons. The number of carbonyl (C=O) groups excluding carboxylic acids is 2. The number of aliphatic imine (C=N–C) groups is 1. The standard InChI is InChI=1S/C14H18N2O2.C13H16N2O3/c1-15-13-7-9-16(10-8-13)14(17)18-11-12-5-3-2-4-6-12;16-13(15-8-6-12(14-17)7-9-15)18-10-11-4-2-1-3-5-11/h2-6H,7-11H2,1H3;1-5,17H,6-10H2. The molecule has 0 aromatic heterocycles. The highest BCUT2D eigenvalue weighted by Gasteiger charge is 2.21. The fourth-order valence-corrected chi connectivity index (χ4v) is 3.84. The lowest BCUT2D eigenvalue weighted by Crippen LogP contribution is -2.38. The topological polar surface area (TPSA) is 104 Å². The second-order valence-corrected chi connectivity index (χ2v) is 8.51. The number of oxime groups is 1. The van der Waals surface area contributed by atoms with Gasteiger partial charge in [0, 0.05) is 64.6 Å². The first-order chi connectivity index (χ1) is 17.6. The van der Waals surface area contributed by atoms with Crippen LogP contribution in [0.3, 0.4) is 0 Å². The van der Waals surface area contributed by atoms with E-state index >= 15 is 0 Å². The van der Waals surface area contributed by atoms with Gasteiger partial charge in [-0.25, -0.2) is 9.59 Å². The number of rotatable bonds is 4. The number of amides is 2. The highest BCUT2D eigenvalue weighted by molar-refractivity contribution is 5.87. The molecule has 9 nitrogen and oxygen atoms in total. The maximum atomic E-state index is 11.8. The van der Waals surface area contributed by atoms with Crippen molar-refractivity contribution in [3.8, 4) is 0 Å². The summed E-state index contributed by atoms with van der Waals surface area (Å²) in [6.45, 7) is 3.14. The third kappa shape index (κ3) is 8.72. The van der Waals surface area contributed by atoms with Crippen LogP contribution >= 0.6 is 0 Å². The molecule has 9 heteroatoms. The summed E-state index contributed by atoms with van der Waals surface area (Å²) < 4.78 is 10.5. The Kier molecular flexibility index (Phi) is 10.8. The summed E-state index contributed by atoms with van der Waals surface area (Å²) in [6.07, 6.45) is 2.40. The van der Waals surface area contributed by atoms with Crippen LogP contribution in [0.5, 0.6) is 0 Å². The van der Waals surface area contributed by atoms with Gasteiger partial charge in [0.15, 0.2) is 0 Å². The third-order valence-electron chi connectivity index (χ3n) is 6.07. The third-order valence-corrected chi connectivity index (χ3v) is 6.07. The summed E-state index contributed by atoms with van der Waals surface area (Å²) in [5.41, 5.74) is 3.91. The molecule has 2 aliphatic rings. The number of hydrogen-bond acceptors (Lipinski definition) is 7. The molecule has 0 bridgehead atoms. The molecule has 0 saturated carbocycles. The smallest absolute Gasteiger partial charge is 0.410 e. The number of piperidine rings is 2. The molecule has 0 atom stereocenters. The predicted molar refractivity (Wildman–Crippen MR) is 137 cm³/mol. The van der Waals surface area contributed by atoms with E-state index < -0.39 is 0 Å². The van der Waals surface area contributed by atoms with Crippen LogP contribution in [-0.4, -0.2) is 71.8 Å². The molecule has 0 spiro atoms. The van der Waals surface area contributed by atoms with Crippen molar-refractivity contribution in [1.29, 1.82) is 0 Å². The van der Waals surface area contributed by atoms with Gasteiger partial charge in [-0.15, -0.1) is 0 Å². The van der Waals surface area contributed by atoms with Gasteiger partial charge in [-0.1, -0.05) is 65.8 Å². The number of likely N-dealkylation sites (tertiary alicyclic amines) is 2. The van der Waals surface area contributed by atoms with Gasteiger partial charge in [0.05, 0.1) is 5.71 Å². The largest absolute Gasteiger partial charge is 0.445 e. The van der Waals surface area contributed by atoms with Gasteiger partial charge in [-0.2, -0.15) is 0 Å². The van der Waals surface area contributed by atoms with Crippen molar-refractivity contribution in [3.63, 3.8) is 0 Å². The number of hydrogen-bond donors (Lipinski definition) is 1. The van der Waals surface area contributed by atoms with Crippen LogP contribution in [0.2, 0.25) is 0 Å². The second kappa shape index (κ2) is 14.5. The highest BCUT2D eigenvalue weighted by atomic mass is 16.6. The summed E-state index contributed by atoms with van der Waals surface area (Å²) >= 11 is 0. The molecule has 0 radical (unpaired) electrons. The molecule has 4 rings (SSSR count). The Morgan fingerprint density at radius 3 is 1.47 bits per heavy atom. The number of nitrogens with zero attached hydrogens (tertiary/aromatic N) is 4. The zero-order chi connectivity index (χ0) is 25.6. The van der Waals surface area contributed by atoms with E-state index in [-0.39, 0.29) is 18.8 Å². The fourth-order valence-electron chi connectivity index (χ4n) is 3.84. The average molecular weight is 495 g/mol. The summed E-state index contributed by atoms with van der Waals surface area (Å²) in [4.78, 5) is 31.2. The molecule has 1 N–H and O–H groups in total. The van der Waals surface area contributed by atoms with E-state index in [2.05, 4.69) is 10.1 Å². The van der Waals surface area contributed by atoms with Crippen molar-refractivity contribution >= 4 is 23.6 Å². The molecule has 2 aromatic rings. The first kappa shape index (κ1) is 26.7. The van der Waals surface area contributed by atoms with Crippen LogP contribution in [0, 0.1) is 0 Å². The zero-order valence-electron chi connectivity index (χ0n) is 20.7. The minimum Gasteiger partial charge on any atom is -0.445 e. The zero-order valence-corrected chi connectivity index (χ0v) is 20.7. The van der Waals surface area contributed by atoms with E-state index in [0.29, 0.717) is 45.6 Å². The van der Waals surface area contributed by atoms with E-state index in [1.54, 1.807) is 16.8 Å². The molecule has 2 heterocycles. The SMILES string of the molecule is CN=C1CCN(C(=O)OCc2ccccc2)CC1.O=C(OCc1ccccc1)N1CCC(=NO)CC1. The maximum Gasteiger partial charge on any atom is 0.410 e. The van der Waals surface area contributed by atoms with Crippen molar-refractivity contribution in [2.45, 2.75) is 38.9 Å². The first-order valence-corrected chi connectivity index (χ1v) is 12.1. The van der Waals surface area contributed by atoms with Gasteiger partial charge in [-0.3, -0.25) is 4.99 Å². The van der Waals surface area contributed by atoms with Crippen molar-refractivity contribution < 1.29 is 24.3 Å². The van der Waals surface area contributed by atoms with Crippen molar-refractivity contribution in [1.82, 2.24) is 9.80 Å². The monoisotopic (exact) mass is 494 g/mol. The Hall–Kier alpha value is -3.88. The first-order valence-electron chi connectivity index (χ1n) is 12.1.